The molecule has 0 saturated carbocycles. The Morgan fingerprint density at radius 1 is 1.39 bits per heavy atom. The lowest BCUT2D eigenvalue weighted by molar-refractivity contribution is -0.146. The van der Waals surface area contributed by atoms with Gasteiger partial charge in [0.25, 0.3) is 0 Å². The average molecular weight is 251 g/mol. The van der Waals surface area contributed by atoms with Crippen LogP contribution in [0, 0.1) is 5.92 Å². The first kappa shape index (κ1) is 13.1. The number of hydrogen-bond acceptors (Lipinski definition) is 4. The fraction of sp³-hybridized carbons (Fsp3) is 0.769. The maximum absolute atomic E-state index is 12.1. The zero-order chi connectivity index (χ0) is 13.1. The molecule has 0 bridgehead atoms. The van der Waals surface area contributed by atoms with Crippen molar-refractivity contribution >= 4 is 5.97 Å². The summed E-state index contributed by atoms with van der Waals surface area (Å²) in [5.41, 5.74) is 0. The number of aromatic nitrogens is 3. The van der Waals surface area contributed by atoms with Crippen molar-refractivity contribution in [2.45, 2.75) is 52.5 Å². The van der Waals surface area contributed by atoms with E-state index in [4.69, 9.17) is 4.74 Å². The summed E-state index contributed by atoms with van der Waals surface area (Å²) < 4.78 is 7.26. The molecular formula is C13H21N3O2. The van der Waals surface area contributed by atoms with Gasteiger partial charge in [-0.1, -0.05) is 13.8 Å². The molecule has 0 amide bonds. The van der Waals surface area contributed by atoms with Gasteiger partial charge in [0.1, 0.15) is 17.6 Å². The number of aryl methyl sites for hydroxylation is 1. The second kappa shape index (κ2) is 5.50. The standard InChI is InChI=1S/C13H21N3O2/c1-4-18-13(17)11(9(2)3)12-15-14-10-7-5-6-8-16(10)12/h9,11H,4-8H2,1-3H3. The van der Waals surface area contributed by atoms with Crippen LogP contribution in [0.15, 0.2) is 0 Å². The number of hydrogen-bond donors (Lipinski definition) is 0. The zero-order valence-electron chi connectivity index (χ0n) is 11.3. The van der Waals surface area contributed by atoms with E-state index in [-0.39, 0.29) is 17.8 Å². The number of nitrogens with zero attached hydrogens (tertiary/aromatic N) is 3. The quantitative estimate of drug-likeness (QED) is 0.767. The van der Waals surface area contributed by atoms with E-state index < -0.39 is 0 Å². The van der Waals surface area contributed by atoms with Gasteiger partial charge in [0.2, 0.25) is 0 Å². The predicted octanol–water partition coefficient (Wildman–Crippen LogP) is 1.92. The molecule has 1 atom stereocenters. The normalized spacial score (nSPS) is 16.4. The summed E-state index contributed by atoms with van der Waals surface area (Å²) in [6.45, 7) is 7.19. The summed E-state index contributed by atoms with van der Waals surface area (Å²) in [6, 6.07) is 0. The fourth-order valence-corrected chi connectivity index (χ4v) is 2.47. The Balaban J connectivity index is 2.31. The van der Waals surface area contributed by atoms with Gasteiger partial charge in [-0.2, -0.15) is 0 Å². The van der Waals surface area contributed by atoms with Crippen molar-refractivity contribution in [2.24, 2.45) is 5.92 Å². The molecule has 0 radical (unpaired) electrons. The highest BCUT2D eigenvalue weighted by molar-refractivity contribution is 5.77. The molecule has 5 heteroatoms. The van der Waals surface area contributed by atoms with Gasteiger partial charge in [0.15, 0.2) is 0 Å². The third kappa shape index (κ3) is 2.40. The maximum Gasteiger partial charge on any atom is 0.316 e. The molecule has 1 aliphatic rings. The Kier molecular flexibility index (Phi) is 3.99. The van der Waals surface area contributed by atoms with Crippen LogP contribution in [0.3, 0.4) is 0 Å². The minimum atomic E-state index is -0.302. The number of esters is 1. The SMILES string of the molecule is CCOC(=O)C(c1nnc2n1CCCC2)C(C)C. The molecule has 2 heterocycles. The Morgan fingerprint density at radius 2 is 2.17 bits per heavy atom. The van der Waals surface area contributed by atoms with Crippen molar-refractivity contribution < 1.29 is 9.53 Å². The van der Waals surface area contributed by atoms with E-state index in [1.807, 2.05) is 20.8 Å². The Morgan fingerprint density at radius 3 is 2.83 bits per heavy atom. The highest BCUT2D eigenvalue weighted by Crippen LogP contribution is 2.27. The van der Waals surface area contributed by atoms with Gasteiger partial charge in [-0.25, -0.2) is 0 Å². The van der Waals surface area contributed by atoms with Gasteiger partial charge in [0, 0.05) is 13.0 Å². The van der Waals surface area contributed by atoms with Crippen LogP contribution in [-0.4, -0.2) is 27.3 Å². The van der Waals surface area contributed by atoms with Gasteiger partial charge >= 0.3 is 5.97 Å². The Hall–Kier alpha value is -1.39. The number of carbonyl (C=O) groups excluding carboxylic acids is 1. The van der Waals surface area contributed by atoms with Crippen molar-refractivity contribution in [1.29, 1.82) is 0 Å². The molecule has 18 heavy (non-hydrogen) atoms. The van der Waals surface area contributed by atoms with E-state index in [1.165, 1.54) is 0 Å². The van der Waals surface area contributed by atoms with Crippen molar-refractivity contribution in [1.82, 2.24) is 14.8 Å². The van der Waals surface area contributed by atoms with Crippen LogP contribution in [0.2, 0.25) is 0 Å². The van der Waals surface area contributed by atoms with E-state index in [0.717, 1.165) is 37.5 Å². The molecule has 1 aromatic rings. The molecule has 5 nitrogen and oxygen atoms in total. The Labute approximate surface area is 108 Å². The molecule has 1 aromatic heterocycles. The molecule has 0 saturated heterocycles. The first-order valence-electron chi connectivity index (χ1n) is 6.73. The zero-order valence-corrected chi connectivity index (χ0v) is 11.3. The first-order chi connectivity index (χ1) is 8.65. The summed E-state index contributed by atoms with van der Waals surface area (Å²) in [6.07, 6.45) is 3.25. The van der Waals surface area contributed by atoms with E-state index >= 15 is 0 Å². The highest BCUT2D eigenvalue weighted by Gasteiger charge is 2.32. The van der Waals surface area contributed by atoms with Gasteiger partial charge in [-0.15, -0.1) is 10.2 Å². The maximum atomic E-state index is 12.1. The van der Waals surface area contributed by atoms with Crippen LogP contribution < -0.4 is 0 Å². The summed E-state index contributed by atoms with van der Waals surface area (Å²) >= 11 is 0. The minimum Gasteiger partial charge on any atom is -0.465 e. The topological polar surface area (TPSA) is 57.0 Å². The second-order valence-electron chi connectivity index (χ2n) is 5.06. The monoisotopic (exact) mass is 251 g/mol. The van der Waals surface area contributed by atoms with Crippen LogP contribution in [-0.2, 0) is 22.5 Å². The molecule has 1 aliphatic heterocycles. The third-order valence-electron chi connectivity index (χ3n) is 3.37. The van der Waals surface area contributed by atoms with Gasteiger partial charge in [-0.3, -0.25) is 4.79 Å². The molecule has 0 aromatic carbocycles. The molecule has 1 unspecified atom stereocenters. The van der Waals surface area contributed by atoms with Gasteiger partial charge in [0.05, 0.1) is 6.61 Å². The predicted molar refractivity (Wildman–Crippen MR) is 67.2 cm³/mol. The molecule has 2 rings (SSSR count). The summed E-state index contributed by atoms with van der Waals surface area (Å²) in [5.74, 6) is 1.46. The lowest BCUT2D eigenvalue weighted by atomic mass is 9.94. The Bertz CT molecular complexity index is 426. The van der Waals surface area contributed by atoms with Crippen molar-refractivity contribution in [2.75, 3.05) is 6.61 Å². The fourth-order valence-electron chi connectivity index (χ4n) is 2.47. The lowest BCUT2D eigenvalue weighted by Crippen LogP contribution is -2.25. The number of ether oxygens (including phenoxy) is 1. The third-order valence-corrected chi connectivity index (χ3v) is 3.37. The average Bonchev–Trinajstić information content (AvgIpc) is 2.74. The van der Waals surface area contributed by atoms with Crippen molar-refractivity contribution in [3.05, 3.63) is 11.6 Å². The van der Waals surface area contributed by atoms with E-state index in [2.05, 4.69) is 14.8 Å². The van der Waals surface area contributed by atoms with Crippen LogP contribution >= 0.6 is 0 Å². The molecule has 0 fully saturated rings. The lowest BCUT2D eigenvalue weighted by Gasteiger charge is -2.21. The van der Waals surface area contributed by atoms with Crippen molar-refractivity contribution in [3.63, 3.8) is 0 Å². The summed E-state index contributed by atoms with van der Waals surface area (Å²) in [5, 5.41) is 8.44. The van der Waals surface area contributed by atoms with E-state index in [0.29, 0.717) is 6.61 Å². The molecule has 0 N–H and O–H groups in total. The van der Waals surface area contributed by atoms with Gasteiger partial charge in [-0.05, 0) is 25.7 Å². The molecule has 0 aliphatic carbocycles. The number of rotatable bonds is 4. The van der Waals surface area contributed by atoms with E-state index in [9.17, 15) is 4.79 Å². The molecule has 100 valence electrons. The van der Waals surface area contributed by atoms with Crippen LogP contribution in [0.5, 0.6) is 0 Å². The van der Waals surface area contributed by atoms with Crippen LogP contribution in [0.1, 0.15) is 51.2 Å². The van der Waals surface area contributed by atoms with Crippen LogP contribution in [0.25, 0.3) is 0 Å². The second-order valence-corrected chi connectivity index (χ2v) is 5.06. The summed E-state index contributed by atoms with van der Waals surface area (Å²) in [4.78, 5) is 12.1. The molecule has 0 spiro atoms. The highest BCUT2D eigenvalue weighted by atomic mass is 16.5. The molecular weight excluding hydrogens is 230 g/mol. The first-order valence-corrected chi connectivity index (χ1v) is 6.73. The van der Waals surface area contributed by atoms with Crippen LogP contribution in [0.4, 0.5) is 0 Å². The smallest absolute Gasteiger partial charge is 0.316 e. The number of carbonyl (C=O) groups is 1. The van der Waals surface area contributed by atoms with Crippen molar-refractivity contribution in [3.8, 4) is 0 Å². The summed E-state index contributed by atoms with van der Waals surface area (Å²) in [7, 11) is 0. The minimum absolute atomic E-state index is 0.166. The largest absolute Gasteiger partial charge is 0.465 e. The van der Waals surface area contributed by atoms with E-state index in [1.54, 1.807) is 0 Å². The number of fused-ring (bicyclic) bond motifs is 1. The van der Waals surface area contributed by atoms with Gasteiger partial charge < -0.3 is 9.30 Å².